The monoisotopic (exact) mass is 341 g/mol. The number of nitrogens with zero attached hydrogens (tertiary/aromatic N) is 2. The molecule has 2 aromatic carbocycles. The molecule has 0 bridgehead atoms. The molecule has 122 valence electrons. The summed E-state index contributed by atoms with van der Waals surface area (Å²) in [5.41, 5.74) is 0.832. The summed E-state index contributed by atoms with van der Waals surface area (Å²) in [5, 5.41) is 0.933. The number of fused-ring (bicyclic) bond motifs is 1. The molecule has 0 saturated carbocycles. The van der Waals surface area contributed by atoms with Gasteiger partial charge in [-0.05, 0) is 31.2 Å². The third kappa shape index (κ3) is 3.16. The van der Waals surface area contributed by atoms with E-state index in [2.05, 4.69) is 9.97 Å². The molecule has 5 nitrogen and oxygen atoms in total. The lowest BCUT2D eigenvalue weighted by molar-refractivity contribution is 0.0748. The minimum atomic E-state index is -0.211. The Balaban J connectivity index is 1.92. The van der Waals surface area contributed by atoms with Crippen molar-refractivity contribution in [1.29, 1.82) is 0 Å². The molecule has 3 aromatic rings. The Kier molecular flexibility index (Phi) is 4.62. The molecular formula is C18H16ClN3O2. The van der Waals surface area contributed by atoms with Crippen LogP contribution in [0.5, 0.6) is 0 Å². The number of aromatic amines is 1. The van der Waals surface area contributed by atoms with Gasteiger partial charge < -0.3 is 9.88 Å². The molecule has 0 saturated heterocycles. The number of para-hydroxylation sites is 1. The summed E-state index contributed by atoms with van der Waals surface area (Å²) in [4.78, 5) is 33.6. The number of nitrogens with one attached hydrogen (secondary N) is 1. The zero-order valence-electron chi connectivity index (χ0n) is 13.1. The van der Waals surface area contributed by atoms with E-state index in [-0.39, 0.29) is 18.0 Å². The van der Waals surface area contributed by atoms with E-state index in [1.807, 2.05) is 13.0 Å². The zero-order valence-corrected chi connectivity index (χ0v) is 13.9. The molecule has 0 aliphatic rings. The van der Waals surface area contributed by atoms with Crippen molar-refractivity contribution < 1.29 is 4.79 Å². The highest BCUT2D eigenvalue weighted by Crippen LogP contribution is 2.18. The van der Waals surface area contributed by atoms with Crippen LogP contribution in [-0.2, 0) is 6.54 Å². The van der Waals surface area contributed by atoms with Crippen molar-refractivity contribution in [3.63, 3.8) is 0 Å². The molecule has 0 radical (unpaired) electrons. The van der Waals surface area contributed by atoms with Gasteiger partial charge in [0.05, 0.1) is 28.0 Å². The lowest BCUT2D eigenvalue weighted by Gasteiger charge is -2.21. The molecule has 1 amide bonds. The fourth-order valence-electron chi connectivity index (χ4n) is 2.52. The maximum Gasteiger partial charge on any atom is 0.258 e. The molecular weight excluding hydrogens is 326 g/mol. The van der Waals surface area contributed by atoms with Crippen LogP contribution in [0.15, 0.2) is 53.3 Å². The van der Waals surface area contributed by atoms with Gasteiger partial charge in [-0.2, -0.15) is 0 Å². The van der Waals surface area contributed by atoms with E-state index in [1.54, 1.807) is 47.4 Å². The lowest BCUT2D eigenvalue weighted by atomic mass is 10.2. The van der Waals surface area contributed by atoms with Gasteiger partial charge in [0.1, 0.15) is 5.82 Å². The Labute approximate surface area is 143 Å². The summed E-state index contributed by atoms with van der Waals surface area (Å²) < 4.78 is 0. The average Bonchev–Trinajstić information content (AvgIpc) is 2.59. The largest absolute Gasteiger partial charge is 0.331 e. The van der Waals surface area contributed by atoms with Gasteiger partial charge in [-0.3, -0.25) is 9.59 Å². The van der Waals surface area contributed by atoms with Gasteiger partial charge in [0, 0.05) is 6.54 Å². The lowest BCUT2D eigenvalue weighted by Crippen LogP contribution is -2.32. The third-order valence-electron chi connectivity index (χ3n) is 3.78. The Hall–Kier alpha value is -2.66. The van der Waals surface area contributed by atoms with Crippen molar-refractivity contribution in [3.05, 3.63) is 75.3 Å². The van der Waals surface area contributed by atoms with Crippen molar-refractivity contribution in [3.8, 4) is 0 Å². The maximum atomic E-state index is 12.7. The molecule has 24 heavy (non-hydrogen) atoms. The first kappa shape index (κ1) is 16.2. The summed E-state index contributed by atoms with van der Waals surface area (Å²) in [6, 6.07) is 14.0. The SMILES string of the molecule is CCN(Cc1nc2ccccc2c(=O)[nH]1)C(=O)c1ccccc1Cl. The molecule has 0 spiro atoms. The number of carbonyl (C=O) groups is 1. The van der Waals surface area contributed by atoms with Crippen LogP contribution in [0.25, 0.3) is 10.9 Å². The Bertz CT molecular complexity index is 952. The molecule has 0 fully saturated rings. The summed E-state index contributed by atoms with van der Waals surface area (Å²) in [6.45, 7) is 2.55. The zero-order chi connectivity index (χ0) is 17.1. The van der Waals surface area contributed by atoms with Crippen molar-refractivity contribution in [2.75, 3.05) is 6.54 Å². The molecule has 0 unspecified atom stereocenters. The molecule has 1 N–H and O–H groups in total. The van der Waals surface area contributed by atoms with Crippen LogP contribution < -0.4 is 5.56 Å². The number of rotatable bonds is 4. The summed E-state index contributed by atoms with van der Waals surface area (Å²) in [6.07, 6.45) is 0. The van der Waals surface area contributed by atoms with Gasteiger partial charge in [-0.15, -0.1) is 0 Å². The van der Waals surface area contributed by atoms with E-state index in [0.717, 1.165) is 0 Å². The molecule has 6 heteroatoms. The van der Waals surface area contributed by atoms with Crippen LogP contribution in [0.1, 0.15) is 23.1 Å². The first-order valence-corrected chi connectivity index (χ1v) is 7.99. The van der Waals surface area contributed by atoms with Gasteiger partial charge in [-0.1, -0.05) is 35.9 Å². The number of amides is 1. The van der Waals surface area contributed by atoms with Crippen LogP contribution in [0.2, 0.25) is 5.02 Å². The van der Waals surface area contributed by atoms with Crippen molar-refractivity contribution in [2.24, 2.45) is 0 Å². The highest BCUT2D eigenvalue weighted by molar-refractivity contribution is 6.33. The van der Waals surface area contributed by atoms with E-state index in [9.17, 15) is 9.59 Å². The van der Waals surface area contributed by atoms with Crippen molar-refractivity contribution in [2.45, 2.75) is 13.5 Å². The fraction of sp³-hybridized carbons (Fsp3) is 0.167. The van der Waals surface area contributed by atoms with Crippen LogP contribution in [0.4, 0.5) is 0 Å². The number of hydrogen-bond donors (Lipinski definition) is 1. The van der Waals surface area contributed by atoms with Crippen LogP contribution in [0.3, 0.4) is 0 Å². The molecule has 1 heterocycles. The number of halogens is 1. The highest BCUT2D eigenvalue weighted by Gasteiger charge is 2.18. The van der Waals surface area contributed by atoms with E-state index < -0.39 is 0 Å². The van der Waals surface area contributed by atoms with Gasteiger partial charge in [0.25, 0.3) is 11.5 Å². The summed E-state index contributed by atoms with van der Waals surface area (Å²) >= 11 is 6.11. The standard InChI is InChI=1S/C18H16ClN3O2/c1-2-22(18(24)12-7-3-5-9-14(12)19)11-16-20-15-10-6-4-8-13(15)17(23)21-16/h3-10H,2,11H2,1H3,(H,20,21,23). The molecule has 0 atom stereocenters. The van der Waals surface area contributed by atoms with Crippen LogP contribution >= 0.6 is 11.6 Å². The second-order valence-electron chi connectivity index (χ2n) is 5.33. The summed E-state index contributed by atoms with van der Waals surface area (Å²) in [5.74, 6) is 0.250. The average molecular weight is 342 g/mol. The normalized spacial score (nSPS) is 10.8. The second-order valence-corrected chi connectivity index (χ2v) is 5.74. The third-order valence-corrected chi connectivity index (χ3v) is 4.11. The predicted molar refractivity (Wildman–Crippen MR) is 94.2 cm³/mol. The van der Waals surface area contributed by atoms with Crippen molar-refractivity contribution in [1.82, 2.24) is 14.9 Å². The van der Waals surface area contributed by atoms with Gasteiger partial charge >= 0.3 is 0 Å². The van der Waals surface area contributed by atoms with Crippen LogP contribution in [0, 0.1) is 0 Å². The second kappa shape index (κ2) is 6.84. The van der Waals surface area contributed by atoms with E-state index >= 15 is 0 Å². The Morgan fingerprint density at radius 3 is 2.62 bits per heavy atom. The molecule has 0 aliphatic carbocycles. The van der Waals surface area contributed by atoms with Gasteiger partial charge in [0.2, 0.25) is 0 Å². The van der Waals surface area contributed by atoms with E-state index in [4.69, 9.17) is 11.6 Å². The van der Waals surface area contributed by atoms with E-state index in [1.165, 1.54) is 0 Å². The Morgan fingerprint density at radius 2 is 1.88 bits per heavy atom. The molecule has 3 rings (SSSR count). The highest BCUT2D eigenvalue weighted by atomic mass is 35.5. The fourth-order valence-corrected chi connectivity index (χ4v) is 2.74. The number of H-pyrrole nitrogens is 1. The number of hydrogen-bond acceptors (Lipinski definition) is 3. The Morgan fingerprint density at radius 1 is 1.17 bits per heavy atom. The first-order valence-electron chi connectivity index (χ1n) is 7.62. The van der Waals surface area contributed by atoms with E-state index in [0.29, 0.717) is 33.9 Å². The predicted octanol–water partition coefficient (Wildman–Crippen LogP) is 3.24. The smallest absolute Gasteiger partial charge is 0.258 e. The minimum absolute atomic E-state index is 0.195. The number of carbonyl (C=O) groups excluding carboxylic acids is 1. The quantitative estimate of drug-likeness (QED) is 0.792. The number of aromatic nitrogens is 2. The van der Waals surface area contributed by atoms with Crippen LogP contribution in [-0.4, -0.2) is 27.3 Å². The molecule has 0 aliphatic heterocycles. The van der Waals surface area contributed by atoms with Gasteiger partial charge in [-0.25, -0.2) is 4.98 Å². The maximum absolute atomic E-state index is 12.7. The van der Waals surface area contributed by atoms with Gasteiger partial charge in [0.15, 0.2) is 0 Å². The summed E-state index contributed by atoms with van der Waals surface area (Å²) in [7, 11) is 0. The first-order chi connectivity index (χ1) is 11.6. The molecule has 1 aromatic heterocycles. The van der Waals surface area contributed by atoms with Crippen molar-refractivity contribution >= 4 is 28.4 Å². The number of benzene rings is 2. The minimum Gasteiger partial charge on any atom is -0.331 e. The topological polar surface area (TPSA) is 66.1 Å².